The maximum absolute atomic E-state index is 9.58. The number of nitrogens with two attached hydrogens (primary N) is 1. The summed E-state index contributed by atoms with van der Waals surface area (Å²) >= 11 is 0. The first-order valence-corrected chi connectivity index (χ1v) is 4.17. The van der Waals surface area contributed by atoms with Crippen LogP contribution >= 0.6 is 0 Å². The van der Waals surface area contributed by atoms with Crippen LogP contribution in [0.5, 0.6) is 5.75 Å². The number of benzene rings is 2. The van der Waals surface area contributed by atoms with Gasteiger partial charge in [-0.1, -0.05) is 24.3 Å². The van der Waals surface area contributed by atoms with Gasteiger partial charge in [-0.2, -0.15) is 0 Å². The number of phenols is 1. The SMILES string of the molecule is Cc1cc2ccccc2c(N)c1O. The quantitative estimate of drug-likeness (QED) is 0.474. The van der Waals surface area contributed by atoms with Crippen molar-refractivity contribution in [2.45, 2.75) is 6.92 Å². The molecule has 2 nitrogen and oxygen atoms in total. The van der Waals surface area contributed by atoms with E-state index in [9.17, 15) is 5.11 Å². The Morgan fingerprint density at radius 3 is 2.69 bits per heavy atom. The molecule has 0 bridgehead atoms. The molecule has 2 aromatic carbocycles. The fraction of sp³-hybridized carbons (Fsp3) is 0.0909. The Balaban J connectivity index is 2.94. The van der Waals surface area contributed by atoms with Crippen molar-refractivity contribution in [3.63, 3.8) is 0 Å². The third-order valence-corrected chi connectivity index (χ3v) is 2.25. The number of fused-ring (bicyclic) bond motifs is 1. The van der Waals surface area contributed by atoms with Crippen molar-refractivity contribution in [2.24, 2.45) is 0 Å². The molecule has 0 heterocycles. The molecule has 2 aromatic rings. The fourth-order valence-electron chi connectivity index (χ4n) is 1.51. The molecular formula is C11H11NO. The molecule has 3 N–H and O–H groups in total. The van der Waals surface area contributed by atoms with Crippen LogP contribution in [0.15, 0.2) is 30.3 Å². The standard InChI is InChI=1S/C11H11NO/c1-7-6-8-4-2-3-5-9(8)10(12)11(7)13/h2-6,13H,12H2,1H3. The smallest absolute Gasteiger partial charge is 0.142 e. The number of hydrogen-bond acceptors (Lipinski definition) is 2. The van der Waals surface area contributed by atoms with Gasteiger partial charge in [0.2, 0.25) is 0 Å². The van der Waals surface area contributed by atoms with Gasteiger partial charge in [0.05, 0.1) is 5.69 Å². The first kappa shape index (κ1) is 7.92. The minimum Gasteiger partial charge on any atom is -0.505 e. The Morgan fingerprint density at radius 1 is 1.23 bits per heavy atom. The molecule has 0 aliphatic heterocycles. The lowest BCUT2D eigenvalue weighted by Gasteiger charge is -2.06. The highest BCUT2D eigenvalue weighted by Gasteiger charge is 2.05. The molecule has 0 radical (unpaired) electrons. The maximum Gasteiger partial charge on any atom is 0.142 e. The Bertz CT molecular complexity index is 463. The monoisotopic (exact) mass is 173 g/mol. The van der Waals surface area contributed by atoms with E-state index in [4.69, 9.17) is 5.73 Å². The van der Waals surface area contributed by atoms with Crippen molar-refractivity contribution in [1.82, 2.24) is 0 Å². The lowest BCUT2D eigenvalue weighted by molar-refractivity contribution is 0.474. The molecule has 0 saturated carbocycles. The van der Waals surface area contributed by atoms with Crippen LogP contribution in [0.4, 0.5) is 5.69 Å². The predicted molar refractivity (Wildman–Crippen MR) is 54.8 cm³/mol. The molecule has 0 atom stereocenters. The van der Waals surface area contributed by atoms with E-state index < -0.39 is 0 Å². The Hall–Kier alpha value is -1.70. The summed E-state index contributed by atoms with van der Waals surface area (Å²) in [6, 6.07) is 9.69. The summed E-state index contributed by atoms with van der Waals surface area (Å²) in [5.41, 5.74) is 7.05. The van der Waals surface area contributed by atoms with Crippen molar-refractivity contribution in [2.75, 3.05) is 5.73 Å². The van der Waals surface area contributed by atoms with Crippen LogP contribution < -0.4 is 5.73 Å². The molecule has 13 heavy (non-hydrogen) atoms. The average Bonchev–Trinajstić information content (AvgIpc) is 2.15. The third kappa shape index (κ3) is 1.11. The van der Waals surface area contributed by atoms with Gasteiger partial charge in [0, 0.05) is 5.39 Å². The summed E-state index contributed by atoms with van der Waals surface area (Å²) in [5.74, 6) is 0.193. The van der Waals surface area contributed by atoms with E-state index in [2.05, 4.69) is 0 Å². The van der Waals surface area contributed by atoms with Crippen LogP contribution in [0.25, 0.3) is 10.8 Å². The highest BCUT2D eigenvalue weighted by atomic mass is 16.3. The van der Waals surface area contributed by atoms with Crippen molar-refractivity contribution < 1.29 is 5.11 Å². The second kappa shape index (κ2) is 2.66. The van der Waals surface area contributed by atoms with Gasteiger partial charge in [0.25, 0.3) is 0 Å². The highest BCUT2D eigenvalue weighted by molar-refractivity contribution is 5.96. The number of aromatic hydroxyl groups is 1. The summed E-state index contributed by atoms with van der Waals surface area (Å²) in [4.78, 5) is 0. The zero-order valence-corrected chi connectivity index (χ0v) is 7.41. The van der Waals surface area contributed by atoms with Gasteiger partial charge in [-0.05, 0) is 23.9 Å². The van der Waals surface area contributed by atoms with E-state index in [-0.39, 0.29) is 5.75 Å². The zero-order valence-electron chi connectivity index (χ0n) is 7.41. The van der Waals surface area contributed by atoms with E-state index in [1.165, 1.54) is 0 Å². The predicted octanol–water partition coefficient (Wildman–Crippen LogP) is 2.44. The van der Waals surface area contributed by atoms with Crippen LogP contribution in [0.2, 0.25) is 0 Å². The number of rotatable bonds is 0. The Labute approximate surface area is 76.6 Å². The van der Waals surface area contributed by atoms with Crippen LogP contribution in [-0.2, 0) is 0 Å². The zero-order chi connectivity index (χ0) is 9.42. The van der Waals surface area contributed by atoms with Gasteiger partial charge in [-0.3, -0.25) is 0 Å². The molecule has 0 aliphatic rings. The van der Waals surface area contributed by atoms with E-state index in [0.29, 0.717) is 5.69 Å². The minimum atomic E-state index is 0.193. The Morgan fingerprint density at radius 2 is 1.92 bits per heavy atom. The summed E-state index contributed by atoms with van der Waals surface area (Å²) in [5, 5.41) is 11.6. The van der Waals surface area contributed by atoms with Gasteiger partial charge >= 0.3 is 0 Å². The summed E-state index contributed by atoms with van der Waals surface area (Å²) < 4.78 is 0. The molecule has 0 spiro atoms. The molecule has 0 aromatic heterocycles. The first-order chi connectivity index (χ1) is 6.20. The summed E-state index contributed by atoms with van der Waals surface area (Å²) in [6.45, 7) is 1.85. The van der Waals surface area contributed by atoms with Crippen molar-refractivity contribution in [3.05, 3.63) is 35.9 Å². The molecule has 2 heteroatoms. The number of aryl methyl sites for hydroxylation is 1. The van der Waals surface area contributed by atoms with Gasteiger partial charge in [0.1, 0.15) is 5.75 Å². The van der Waals surface area contributed by atoms with E-state index in [1.807, 2.05) is 37.3 Å². The Kier molecular flexibility index (Phi) is 1.62. The summed E-state index contributed by atoms with van der Waals surface area (Å²) in [7, 11) is 0. The normalized spacial score (nSPS) is 10.5. The van der Waals surface area contributed by atoms with Crippen LogP contribution in [0, 0.1) is 6.92 Å². The third-order valence-electron chi connectivity index (χ3n) is 2.25. The molecule has 0 fully saturated rings. The minimum absolute atomic E-state index is 0.193. The van der Waals surface area contributed by atoms with Crippen LogP contribution in [0.1, 0.15) is 5.56 Å². The van der Waals surface area contributed by atoms with Crippen molar-refractivity contribution in [1.29, 1.82) is 0 Å². The molecule has 66 valence electrons. The largest absolute Gasteiger partial charge is 0.505 e. The number of nitrogen functional groups attached to an aromatic ring is 1. The molecule has 0 saturated heterocycles. The second-order valence-corrected chi connectivity index (χ2v) is 3.18. The van der Waals surface area contributed by atoms with Gasteiger partial charge in [-0.15, -0.1) is 0 Å². The topological polar surface area (TPSA) is 46.2 Å². The van der Waals surface area contributed by atoms with Crippen molar-refractivity contribution >= 4 is 16.5 Å². The lowest BCUT2D eigenvalue weighted by Crippen LogP contribution is -1.89. The molecular weight excluding hydrogens is 162 g/mol. The fourth-order valence-corrected chi connectivity index (χ4v) is 1.51. The summed E-state index contributed by atoms with van der Waals surface area (Å²) in [6.07, 6.45) is 0. The molecule has 0 aliphatic carbocycles. The number of phenolic OH excluding ortho intramolecular Hbond substituents is 1. The van der Waals surface area contributed by atoms with E-state index >= 15 is 0 Å². The first-order valence-electron chi connectivity index (χ1n) is 4.17. The van der Waals surface area contributed by atoms with E-state index in [1.54, 1.807) is 0 Å². The molecule has 0 amide bonds. The van der Waals surface area contributed by atoms with Gasteiger partial charge in [-0.25, -0.2) is 0 Å². The van der Waals surface area contributed by atoms with Crippen molar-refractivity contribution in [3.8, 4) is 5.75 Å². The van der Waals surface area contributed by atoms with E-state index in [0.717, 1.165) is 16.3 Å². The van der Waals surface area contributed by atoms with Gasteiger partial charge < -0.3 is 10.8 Å². The second-order valence-electron chi connectivity index (χ2n) is 3.18. The number of anilines is 1. The molecule has 2 rings (SSSR count). The lowest BCUT2D eigenvalue weighted by atomic mass is 10.0. The van der Waals surface area contributed by atoms with Gasteiger partial charge in [0.15, 0.2) is 0 Å². The average molecular weight is 173 g/mol. The number of hydrogen-bond donors (Lipinski definition) is 2. The van der Waals surface area contributed by atoms with Crippen LogP contribution in [-0.4, -0.2) is 5.11 Å². The van der Waals surface area contributed by atoms with Crippen LogP contribution in [0.3, 0.4) is 0 Å². The molecule has 0 unspecified atom stereocenters. The highest BCUT2D eigenvalue weighted by Crippen LogP contribution is 2.32. The maximum atomic E-state index is 9.58.